The highest BCUT2D eigenvalue weighted by molar-refractivity contribution is 5.78. The molecule has 0 bridgehead atoms. The topological polar surface area (TPSA) is 89.6 Å². The summed E-state index contributed by atoms with van der Waals surface area (Å²) in [4.78, 5) is 21.5. The molecule has 0 saturated carbocycles. The molecule has 0 saturated heterocycles. The summed E-state index contributed by atoms with van der Waals surface area (Å²) >= 11 is 0. The molecule has 0 spiro atoms. The lowest BCUT2D eigenvalue weighted by molar-refractivity contribution is -0.142. The average Bonchev–Trinajstić information content (AvgIpc) is 2.27. The Labute approximate surface area is 92.8 Å². The molecule has 0 aliphatic rings. The second-order valence-electron chi connectivity index (χ2n) is 3.18. The third kappa shape index (κ3) is 3.70. The molecule has 5 heteroatoms. The molecule has 0 radical (unpaired) electrons. The Kier molecular flexibility index (Phi) is 4.47. The molecule has 1 aromatic carbocycles. The zero-order valence-corrected chi connectivity index (χ0v) is 8.68. The van der Waals surface area contributed by atoms with Gasteiger partial charge in [-0.3, -0.25) is 9.59 Å². The van der Waals surface area contributed by atoms with Gasteiger partial charge in [0.1, 0.15) is 5.75 Å². The van der Waals surface area contributed by atoms with E-state index in [0.717, 1.165) is 0 Å². The molecule has 1 aromatic rings. The Morgan fingerprint density at radius 1 is 1.25 bits per heavy atom. The first-order valence-electron chi connectivity index (χ1n) is 4.84. The Morgan fingerprint density at radius 3 is 2.56 bits per heavy atom. The molecular weight excluding hydrogens is 210 g/mol. The van der Waals surface area contributed by atoms with Crippen LogP contribution in [0.3, 0.4) is 0 Å². The highest BCUT2D eigenvalue weighted by Gasteiger charge is 2.09. The third-order valence-electron chi connectivity index (χ3n) is 1.96. The van der Waals surface area contributed by atoms with Gasteiger partial charge in [0.15, 0.2) is 0 Å². The summed E-state index contributed by atoms with van der Waals surface area (Å²) in [6.07, 6.45) is -0.377. The minimum absolute atomic E-state index is 0.145. The second-order valence-corrected chi connectivity index (χ2v) is 3.18. The smallest absolute Gasteiger partial charge is 0.311 e. The summed E-state index contributed by atoms with van der Waals surface area (Å²) in [6, 6.07) is 6.89. The Hall–Kier alpha value is -1.88. The number of carboxylic acids is 1. The standard InChI is InChI=1S/C11H13NO4/c12-7-8-3-1-2-4-9(8)16-11(15)6-5-10(13)14/h1-4H,5-7,12H2,(H,13,14). The van der Waals surface area contributed by atoms with E-state index in [1.54, 1.807) is 24.3 Å². The van der Waals surface area contributed by atoms with E-state index >= 15 is 0 Å². The van der Waals surface area contributed by atoms with E-state index in [1.807, 2.05) is 0 Å². The zero-order valence-electron chi connectivity index (χ0n) is 8.68. The minimum Gasteiger partial charge on any atom is -0.481 e. The van der Waals surface area contributed by atoms with Crippen LogP contribution in [0.2, 0.25) is 0 Å². The minimum atomic E-state index is -1.02. The lowest BCUT2D eigenvalue weighted by Crippen LogP contribution is -2.12. The van der Waals surface area contributed by atoms with Gasteiger partial charge in [-0.05, 0) is 6.07 Å². The maximum Gasteiger partial charge on any atom is 0.311 e. The number of esters is 1. The largest absolute Gasteiger partial charge is 0.481 e. The number of aliphatic carboxylic acids is 1. The van der Waals surface area contributed by atoms with Crippen LogP contribution in [0.5, 0.6) is 5.75 Å². The predicted octanol–water partition coefficient (Wildman–Crippen LogP) is 0.915. The molecule has 0 unspecified atom stereocenters. The molecule has 0 heterocycles. The first kappa shape index (κ1) is 12.2. The van der Waals surface area contributed by atoms with Gasteiger partial charge in [0.05, 0.1) is 12.8 Å². The number of carbonyl (C=O) groups is 2. The van der Waals surface area contributed by atoms with Gasteiger partial charge >= 0.3 is 11.9 Å². The van der Waals surface area contributed by atoms with Crippen molar-refractivity contribution >= 4 is 11.9 Å². The van der Waals surface area contributed by atoms with Gasteiger partial charge in [-0.15, -0.1) is 0 Å². The summed E-state index contributed by atoms with van der Waals surface area (Å²) in [6.45, 7) is 0.266. The normalized spacial score (nSPS) is 9.81. The average molecular weight is 223 g/mol. The van der Waals surface area contributed by atoms with E-state index < -0.39 is 11.9 Å². The van der Waals surface area contributed by atoms with Crippen molar-refractivity contribution in [2.45, 2.75) is 19.4 Å². The quantitative estimate of drug-likeness (QED) is 0.572. The lowest BCUT2D eigenvalue weighted by Gasteiger charge is -2.07. The van der Waals surface area contributed by atoms with Crippen LogP contribution in [0.15, 0.2) is 24.3 Å². The highest BCUT2D eigenvalue weighted by atomic mass is 16.5. The van der Waals surface area contributed by atoms with Crippen molar-refractivity contribution in [2.75, 3.05) is 0 Å². The molecule has 16 heavy (non-hydrogen) atoms. The molecule has 0 fully saturated rings. The Morgan fingerprint density at radius 2 is 1.94 bits per heavy atom. The maximum absolute atomic E-state index is 11.3. The number of carboxylic acid groups (broad SMARTS) is 1. The van der Waals surface area contributed by atoms with Crippen LogP contribution < -0.4 is 10.5 Å². The van der Waals surface area contributed by atoms with Gasteiger partial charge in [0.2, 0.25) is 0 Å². The molecule has 3 N–H and O–H groups in total. The van der Waals surface area contributed by atoms with Crippen LogP contribution >= 0.6 is 0 Å². The summed E-state index contributed by atoms with van der Waals surface area (Å²) in [5, 5.41) is 8.40. The van der Waals surface area contributed by atoms with E-state index in [1.165, 1.54) is 0 Å². The van der Waals surface area contributed by atoms with Crippen LogP contribution in [-0.2, 0) is 16.1 Å². The first-order valence-corrected chi connectivity index (χ1v) is 4.84. The Bertz CT molecular complexity index is 389. The third-order valence-corrected chi connectivity index (χ3v) is 1.96. The molecular formula is C11H13NO4. The van der Waals surface area contributed by atoms with E-state index in [4.69, 9.17) is 15.6 Å². The summed E-state index contributed by atoms with van der Waals surface area (Å²) in [5.74, 6) is -1.20. The maximum atomic E-state index is 11.3. The number of ether oxygens (including phenoxy) is 1. The molecule has 86 valence electrons. The Balaban J connectivity index is 2.58. The monoisotopic (exact) mass is 223 g/mol. The summed E-state index contributed by atoms with van der Waals surface area (Å²) < 4.78 is 5.00. The first-order chi connectivity index (χ1) is 7.63. The number of rotatable bonds is 5. The molecule has 0 aliphatic carbocycles. The van der Waals surface area contributed by atoms with Crippen molar-refractivity contribution in [3.05, 3.63) is 29.8 Å². The summed E-state index contributed by atoms with van der Waals surface area (Å²) in [7, 11) is 0. The summed E-state index contributed by atoms with van der Waals surface area (Å²) in [5.41, 5.74) is 6.18. The van der Waals surface area contributed by atoms with Gasteiger partial charge in [-0.1, -0.05) is 18.2 Å². The number of para-hydroxylation sites is 1. The zero-order chi connectivity index (χ0) is 12.0. The van der Waals surface area contributed by atoms with E-state index in [9.17, 15) is 9.59 Å². The van der Waals surface area contributed by atoms with Crippen molar-refractivity contribution in [1.29, 1.82) is 0 Å². The van der Waals surface area contributed by atoms with Crippen LogP contribution in [0.4, 0.5) is 0 Å². The molecule has 1 rings (SSSR count). The number of hydrogen-bond acceptors (Lipinski definition) is 4. The van der Waals surface area contributed by atoms with Crippen LogP contribution in [-0.4, -0.2) is 17.0 Å². The fourth-order valence-electron chi connectivity index (χ4n) is 1.15. The van der Waals surface area contributed by atoms with Crippen molar-refractivity contribution in [2.24, 2.45) is 5.73 Å². The highest BCUT2D eigenvalue weighted by Crippen LogP contribution is 2.17. The van der Waals surface area contributed by atoms with Gasteiger partial charge in [-0.2, -0.15) is 0 Å². The SMILES string of the molecule is NCc1ccccc1OC(=O)CCC(=O)O. The van der Waals surface area contributed by atoms with Crippen molar-refractivity contribution in [3.63, 3.8) is 0 Å². The fraction of sp³-hybridized carbons (Fsp3) is 0.273. The fourth-order valence-corrected chi connectivity index (χ4v) is 1.15. The van der Waals surface area contributed by atoms with Crippen molar-refractivity contribution in [3.8, 4) is 5.75 Å². The van der Waals surface area contributed by atoms with Crippen LogP contribution in [0, 0.1) is 0 Å². The predicted molar refractivity (Wildman–Crippen MR) is 56.8 cm³/mol. The molecule has 0 aliphatic heterocycles. The lowest BCUT2D eigenvalue weighted by atomic mass is 10.2. The van der Waals surface area contributed by atoms with E-state index in [-0.39, 0.29) is 19.4 Å². The van der Waals surface area contributed by atoms with E-state index in [0.29, 0.717) is 11.3 Å². The van der Waals surface area contributed by atoms with Crippen molar-refractivity contribution < 1.29 is 19.4 Å². The van der Waals surface area contributed by atoms with E-state index in [2.05, 4.69) is 0 Å². The molecule has 5 nitrogen and oxygen atoms in total. The van der Waals surface area contributed by atoms with Crippen molar-refractivity contribution in [1.82, 2.24) is 0 Å². The van der Waals surface area contributed by atoms with Crippen LogP contribution in [0.1, 0.15) is 18.4 Å². The van der Waals surface area contributed by atoms with Crippen LogP contribution in [0.25, 0.3) is 0 Å². The molecule has 0 aromatic heterocycles. The number of nitrogens with two attached hydrogens (primary N) is 1. The van der Waals surface area contributed by atoms with Gasteiger partial charge in [-0.25, -0.2) is 0 Å². The van der Waals surface area contributed by atoms with Gasteiger partial charge < -0.3 is 15.6 Å². The molecule has 0 atom stereocenters. The number of hydrogen-bond donors (Lipinski definition) is 2. The number of benzene rings is 1. The second kappa shape index (κ2) is 5.87. The van der Waals surface area contributed by atoms with Gasteiger partial charge in [0.25, 0.3) is 0 Å². The number of carbonyl (C=O) groups excluding carboxylic acids is 1. The molecule has 0 amide bonds. The van der Waals surface area contributed by atoms with Gasteiger partial charge in [0, 0.05) is 12.1 Å².